The fourth-order valence-corrected chi connectivity index (χ4v) is 5.01. The molecule has 1 fully saturated rings. The van der Waals surface area contributed by atoms with Gasteiger partial charge in [0.05, 0.1) is 22.2 Å². The number of anilines is 2. The highest BCUT2D eigenvalue weighted by molar-refractivity contribution is 7.91. The number of nitrogens with zero attached hydrogens (tertiary/aromatic N) is 1. The van der Waals surface area contributed by atoms with E-state index in [9.17, 15) is 12.8 Å². The summed E-state index contributed by atoms with van der Waals surface area (Å²) >= 11 is 7.11. The number of thiazole rings is 1. The van der Waals surface area contributed by atoms with E-state index >= 15 is 0 Å². The molecule has 1 aromatic carbocycles. The van der Waals surface area contributed by atoms with Crippen LogP contribution in [0.3, 0.4) is 0 Å². The van der Waals surface area contributed by atoms with Gasteiger partial charge in [0.15, 0.2) is 15.0 Å². The summed E-state index contributed by atoms with van der Waals surface area (Å²) in [5.41, 5.74) is 1.43. The molecule has 0 aliphatic carbocycles. The van der Waals surface area contributed by atoms with Crippen LogP contribution in [0.4, 0.5) is 15.2 Å². The van der Waals surface area contributed by atoms with Crippen molar-refractivity contribution in [2.45, 2.75) is 12.3 Å². The van der Waals surface area contributed by atoms with Gasteiger partial charge in [-0.15, -0.1) is 11.3 Å². The van der Waals surface area contributed by atoms with Gasteiger partial charge >= 0.3 is 0 Å². The van der Waals surface area contributed by atoms with Crippen molar-refractivity contribution in [2.75, 3.05) is 16.8 Å². The minimum atomic E-state index is -2.92. The van der Waals surface area contributed by atoms with E-state index in [1.807, 2.05) is 5.38 Å². The van der Waals surface area contributed by atoms with Gasteiger partial charge in [-0.2, -0.15) is 0 Å². The minimum Gasteiger partial charge on any atom is -0.331 e. The summed E-state index contributed by atoms with van der Waals surface area (Å²) in [5, 5.41) is 5.58. The van der Waals surface area contributed by atoms with Crippen molar-refractivity contribution in [3.05, 3.63) is 40.1 Å². The summed E-state index contributed by atoms with van der Waals surface area (Å²) < 4.78 is 36.1. The SMILES string of the molecule is O=S1(=O)CC[C@@H](c2csc(Nc3ccc(F)c(Cl)c3)n2)C1. The van der Waals surface area contributed by atoms with Crippen LogP contribution in [0.15, 0.2) is 23.6 Å². The molecule has 3 rings (SSSR count). The van der Waals surface area contributed by atoms with Crippen LogP contribution in [-0.2, 0) is 9.84 Å². The van der Waals surface area contributed by atoms with Crippen LogP contribution in [-0.4, -0.2) is 24.9 Å². The zero-order chi connectivity index (χ0) is 15.0. The number of halogens is 2. The highest BCUT2D eigenvalue weighted by Gasteiger charge is 2.30. The first-order valence-corrected chi connectivity index (χ1v) is 9.39. The highest BCUT2D eigenvalue weighted by Crippen LogP contribution is 2.32. The van der Waals surface area contributed by atoms with E-state index in [2.05, 4.69) is 10.3 Å². The van der Waals surface area contributed by atoms with Crippen LogP contribution in [0.1, 0.15) is 18.0 Å². The van der Waals surface area contributed by atoms with Gasteiger partial charge in [0.1, 0.15) is 5.82 Å². The first-order chi connectivity index (χ1) is 9.93. The predicted octanol–water partition coefficient (Wildman–Crippen LogP) is 3.58. The third kappa shape index (κ3) is 3.36. The molecule has 1 N–H and O–H groups in total. The molecule has 8 heteroatoms. The third-order valence-corrected chi connectivity index (χ3v) is 6.18. The van der Waals surface area contributed by atoms with E-state index in [0.29, 0.717) is 17.2 Å². The third-order valence-electron chi connectivity index (χ3n) is 3.34. The molecule has 0 saturated carbocycles. The monoisotopic (exact) mass is 346 g/mol. The van der Waals surface area contributed by atoms with E-state index in [4.69, 9.17) is 11.6 Å². The second-order valence-electron chi connectivity index (χ2n) is 4.93. The van der Waals surface area contributed by atoms with Crippen molar-refractivity contribution in [1.29, 1.82) is 0 Å². The largest absolute Gasteiger partial charge is 0.331 e. The van der Waals surface area contributed by atoms with E-state index < -0.39 is 15.7 Å². The average molecular weight is 347 g/mol. The molecule has 2 heterocycles. The molecule has 0 unspecified atom stereocenters. The Morgan fingerprint density at radius 2 is 2.24 bits per heavy atom. The normalized spacial score (nSPS) is 20.6. The Kier molecular flexibility index (Phi) is 3.90. The molecule has 0 bridgehead atoms. The van der Waals surface area contributed by atoms with Gasteiger partial charge in [-0.25, -0.2) is 17.8 Å². The van der Waals surface area contributed by atoms with Crippen LogP contribution in [0.2, 0.25) is 5.02 Å². The molecule has 0 spiro atoms. The summed E-state index contributed by atoms with van der Waals surface area (Å²) in [4.78, 5) is 4.41. The molecule has 0 amide bonds. The molecular formula is C13H12ClFN2O2S2. The Balaban J connectivity index is 1.75. The Bertz CT molecular complexity index is 776. The maximum absolute atomic E-state index is 13.1. The molecule has 4 nitrogen and oxygen atoms in total. The fraction of sp³-hybridized carbons (Fsp3) is 0.308. The minimum absolute atomic E-state index is 0.0291. The van der Waals surface area contributed by atoms with Crippen molar-refractivity contribution >= 4 is 43.6 Å². The molecule has 112 valence electrons. The van der Waals surface area contributed by atoms with Crippen LogP contribution in [0.25, 0.3) is 0 Å². The molecule has 21 heavy (non-hydrogen) atoms. The summed E-state index contributed by atoms with van der Waals surface area (Å²) in [5.74, 6) is -0.110. The lowest BCUT2D eigenvalue weighted by Crippen LogP contribution is -2.04. The highest BCUT2D eigenvalue weighted by atomic mass is 35.5. The predicted molar refractivity (Wildman–Crippen MR) is 82.8 cm³/mol. The number of benzene rings is 1. The van der Waals surface area contributed by atoms with Gasteiger partial charge in [-0.3, -0.25) is 0 Å². The van der Waals surface area contributed by atoms with Crippen LogP contribution in [0.5, 0.6) is 0 Å². The number of sulfone groups is 1. The Labute approximate surface area is 130 Å². The van der Waals surface area contributed by atoms with Crippen molar-refractivity contribution in [1.82, 2.24) is 4.98 Å². The first-order valence-electron chi connectivity index (χ1n) is 6.31. The first kappa shape index (κ1) is 14.7. The van der Waals surface area contributed by atoms with Crippen molar-refractivity contribution in [2.24, 2.45) is 0 Å². The lowest BCUT2D eigenvalue weighted by Gasteiger charge is -2.04. The van der Waals surface area contributed by atoms with Crippen molar-refractivity contribution in [3.63, 3.8) is 0 Å². The van der Waals surface area contributed by atoms with Crippen LogP contribution >= 0.6 is 22.9 Å². The summed E-state index contributed by atoms with van der Waals surface area (Å²) in [6.45, 7) is 0. The molecule has 1 saturated heterocycles. The summed E-state index contributed by atoms with van der Waals surface area (Å²) in [6.07, 6.45) is 0.619. The topological polar surface area (TPSA) is 59.1 Å². The zero-order valence-electron chi connectivity index (χ0n) is 10.8. The fourth-order valence-electron chi connectivity index (χ4n) is 2.26. The summed E-state index contributed by atoms with van der Waals surface area (Å²) in [7, 11) is -2.92. The number of rotatable bonds is 3. The number of nitrogens with one attached hydrogen (secondary N) is 1. The maximum Gasteiger partial charge on any atom is 0.187 e. The van der Waals surface area contributed by atoms with E-state index in [0.717, 1.165) is 5.69 Å². The van der Waals surface area contributed by atoms with E-state index in [1.165, 1.54) is 23.5 Å². The average Bonchev–Trinajstić information content (AvgIpc) is 3.00. The second kappa shape index (κ2) is 5.55. The molecular weight excluding hydrogens is 335 g/mol. The van der Waals surface area contributed by atoms with Gasteiger partial charge in [0.25, 0.3) is 0 Å². The number of hydrogen-bond donors (Lipinski definition) is 1. The van der Waals surface area contributed by atoms with E-state index in [1.54, 1.807) is 6.07 Å². The molecule has 1 aliphatic rings. The Morgan fingerprint density at radius 3 is 2.90 bits per heavy atom. The molecule has 1 atom stereocenters. The van der Waals surface area contributed by atoms with Crippen LogP contribution in [0, 0.1) is 5.82 Å². The Hall–Kier alpha value is -1.18. The number of hydrogen-bond acceptors (Lipinski definition) is 5. The number of aromatic nitrogens is 1. The standard InChI is InChI=1S/C13H12ClFN2O2S2/c14-10-5-9(1-2-11(10)15)16-13-17-12(6-20-13)8-3-4-21(18,19)7-8/h1-2,5-6,8H,3-4,7H2,(H,16,17)/t8-/m1/s1. The smallest absolute Gasteiger partial charge is 0.187 e. The summed E-state index contributed by atoms with van der Waals surface area (Å²) in [6, 6.07) is 4.34. The van der Waals surface area contributed by atoms with Crippen LogP contribution < -0.4 is 5.32 Å². The van der Waals surface area contributed by atoms with Gasteiger partial charge in [-0.05, 0) is 24.6 Å². The quantitative estimate of drug-likeness (QED) is 0.922. The molecule has 0 radical (unpaired) electrons. The maximum atomic E-state index is 13.1. The van der Waals surface area contributed by atoms with E-state index in [-0.39, 0.29) is 22.4 Å². The van der Waals surface area contributed by atoms with Gasteiger partial charge in [0, 0.05) is 17.0 Å². The lowest BCUT2D eigenvalue weighted by molar-refractivity contribution is 0.601. The Morgan fingerprint density at radius 1 is 1.43 bits per heavy atom. The molecule has 1 aromatic heterocycles. The molecule has 2 aromatic rings. The lowest BCUT2D eigenvalue weighted by atomic mass is 10.1. The van der Waals surface area contributed by atoms with Crippen molar-refractivity contribution < 1.29 is 12.8 Å². The second-order valence-corrected chi connectivity index (χ2v) is 8.43. The molecule has 1 aliphatic heterocycles. The van der Waals surface area contributed by atoms with Gasteiger partial charge in [0.2, 0.25) is 0 Å². The van der Waals surface area contributed by atoms with Crippen molar-refractivity contribution in [3.8, 4) is 0 Å². The van der Waals surface area contributed by atoms with Gasteiger partial charge in [-0.1, -0.05) is 11.6 Å². The zero-order valence-corrected chi connectivity index (χ0v) is 13.2. The van der Waals surface area contributed by atoms with Gasteiger partial charge < -0.3 is 5.32 Å².